The average molecular weight is 222 g/mol. The lowest BCUT2D eigenvalue weighted by atomic mass is 9.98. The maximum Gasteiger partial charge on any atom is 0.134 e. The van der Waals surface area contributed by atoms with E-state index in [2.05, 4.69) is 43.3 Å². The third-order valence-corrected chi connectivity index (χ3v) is 3.19. The van der Waals surface area contributed by atoms with Gasteiger partial charge in [0.05, 0.1) is 0 Å². The summed E-state index contributed by atoms with van der Waals surface area (Å²) in [5.74, 6) is 0.987. The molecule has 2 aromatic carbocycles. The van der Waals surface area contributed by atoms with Crippen molar-refractivity contribution >= 4 is 11.0 Å². The van der Waals surface area contributed by atoms with Gasteiger partial charge < -0.3 is 4.42 Å². The summed E-state index contributed by atoms with van der Waals surface area (Å²) in [6, 6.07) is 16.6. The van der Waals surface area contributed by atoms with E-state index in [4.69, 9.17) is 4.42 Å². The van der Waals surface area contributed by atoms with Gasteiger partial charge in [-0.2, -0.15) is 0 Å². The zero-order chi connectivity index (χ0) is 11.8. The first-order chi connectivity index (χ1) is 8.27. The molecule has 0 spiro atoms. The van der Waals surface area contributed by atoms with Crippen molar-refractivity contribution in [3.8, 4) is 11.1 Å². The molecule has 0 bridgehead atoms. The summed E-state index contributed by atoms with van der Waals surface area (Å²) in [4.78, 5) is 0. The highest BCUT2D eigenvalue weighted by molar-refractivity contribution is 5.96. The highest BCUT2D eigenvalue weighted by atomic mass is 16.3. The quantitative estimate of drug-likeness (QED) is 0.580. The Labute approximate surface area is 101 Å². The molecule has 0 aliphatic heterocycles. The Morgan fingerprint density at radius 2 is 1.53 bits per heavy atom. The summed E-state index contributed by atoms with van der Waals surface area (Å²) in [5, 5.41) is 1.19. The number of hydrogen-bond acceptors (Lipinski definition) is 1. The first-order valence-corrected chi connectivity index (χ1v) is 5.81. The standard InChI is InChI=1S/C16H14O/c1-11-7-3-4-8-13(11)16-12(2)17-15-10-6-5-9-14(15)16/h3-10H,1-2H3. The number of benzene rings is 2. The van der Waals surface area contributed by atoms with Crippen LogP contribution < -0.4 is 0 Å². The molecule has 0 aliphatic rings. The molecule has 0 N–H and O–H groups in total. The van der Waals surface area contributed by atoms with Gasteiger partial charge in [-0.15, -0.1) is 0 Å². The lowest BCUT2D eigenvalue weighted by molar-refractivity contribution is 0.580. The zero-order valence-electron chi connectivity index (χ0n) is 10.0. The van der Waals surface area contributed by atoms with E-state index in [0.29, 0.717) is 0 Å². The molecule has 0 atom stereocenters. The zero-order valence-corrected chi connectivity index (χ0v) is 10.0. The predicted octanol–water partition coefficient (Wildman–Crippen LogP) is 4.72. The van der Waals surface area contributed by atoms with Gasteiger partial charge in [0.2, 0.25) is 0 Å². The predicted molar refractivity (Wildman–Crippen MR) is 71.1 cm³/mol. The van der Waals surface area contributed by atoms with Crippen LogP contribution in [-0.2, 0) is 0 Å². The van der Waals surface area contributed by atoms with Gasteiger partial charge in [-0.1, -0.05) is 42.5 Å². The number of para-hydroxylation sites is 1. The highest BCUT2D eigenvalue weighted by Crippen LogP contribution is 2.35. The number of aryl methyl sites for hydroxylation is 2. The van der Waals surface area contributed by atoms with Crippen LogP contribution in [0.5, 0.6) is 0 Å². The molecule has 1 heterocycles. The van der Waals surface area contributed by atoms with Crippen LogP contribution in [0.25, 0.3) is 22.1 Å². The first-order valence-electron chi connectivity index (χ1n) is 5.81. The fourth-order valence-corrected chi connectivity index (χ4v) is 2.36. The van der Waals surface area contributed by atoms with Crippen molar-refractivity contribution in [2.75, 3.05) is 0 Å². The molecule has 84 valence electrons. The Morgan fingerprint density at radius 1 is 0.824 bits per heavy atom. The molecule has 1 aromatic heterocycles. The van der Waals surface area contributed by atoms with Gasteiger partial charge in [0.15, 0.2) is 0 Å². The van der Waals surface area contributed by atoms with Gasteiger partial charge in [-0.25, -0.2) is 0 Å². The van der Waals surface area contributed by atoms with E-state index in [9.17, 15) is 0 Å². The van der Waals surface area contributed by atoms with Gasteiger partial charge in [-0.3, -0.25) is 0 Å². The minimum Gasteiger partial charge on any atom is -0.461 e. The van der Waals surface area contributed by atoms with Crippen LogP contribution >= 0.6 is 0 Å². The minimum absolute atomic E-state index is 0.961. The van der Waals surface area contributed by atoms with Crippen LogP contribution in [0.3, 0.4) is 0 Å². The summed E-state index contributed by atoms with van der Waals surface area (Å²) in [6.07, 6.45) is 0. The molecule has 3 rings (SSSR count). The third kappa shape index (κ3) is 1.55. The second-order valence-electron chi connectivity index (χ2n) is 4.34. The van der Waals surface area contributed by atoms with E-state index in [-0.39, 0.29) is 0 Å². The van der Waals surface area contributed by atoms with Crippen LogP contribution in [0.15, 0.2) is 52.9 Å². The molecular formula is C16H14O. The van der Waals surface area contributed by atoms with E-state index in [1.807, 2.05) is 19.1 Å². The van der Waals surface area contributed by atoms with E-state index in [1.54, 1.807) is 0 Å². The van der Waals surface area contributed by atoms with Crippen molar-refractivity contribution in [2.24, 2.45) is 0 Å². The van der Waals surface area contributed by atoms with Gasteiger partial charge in [0, 0.05) is 10.9 Å². The van der Waals surface area contributed by atoms with Gasteiger partial charge in [0.1, 0.15) is 11.3 Å². The van der Waals surface area contributed by atoms with Crippen LogP contribution in [0, 0.1) is 13.8 Å². The Hall–Kier alpha value is -2.02. The Bertz CT molecular complexity index is 677. The molecule has 0 amide bonds. The summed E-state index contributed by atoms with van der Waals surface area (Å²) in [7, 11) is 0. The van der Waals surface area contributed by atoms with E-state index < -0.39 is 0 Å². The average Bonchev–Trinajstić information content (AvgIpc) is 2.66. The number of furan rings is 1. The van der Waals surface area contributed by atoms with Gasteiger partial charge in [0.25, 0.3) is 0 Å². The monoisotopic (exact) mass is 222 g/mol. The van der Waals surface area contributed by atoms with Crippen molar-refractivity contribution in [2.45, 2.75) is 13.8 Å². The van der Waals surface area contributed by atoms with Crippen molar-refractivity contribution in [1.29, 1.82) is 0 Å². The maximum absolute atomic E-state index is 5.81. The molecule has 1 nitrogen and oxygen atoms in total. The Kier molecular flexibility index (Phi) is 2.25. The largest absolute Gasteiger partial charge is 0.461 e. The second-order valence-corrected chi connectivity index (χ2v) is 4.34. The molecular weight excluding hydrogens is 208 g/mol. The van der Waals surface area contributed by atoms with E-state index in [0.717, 1.165) is 11.3 Å². The number of fused-ring (bicyclic) bond motifs is 1. The SMILES string of the molecule is Cc1ccccc1-c1c(C)oc2ccccc12. The van der Waals surface area contributed by atoms with Crippen LogP contribution in [0.4, 0.5) is 0 Å². The molecule has 0 saturated carbocycles. The summed E-state index contributed by atoms with van der Waals surface area (Å²) in [6.45, 7) is 4.16. The Morgan fingerprint density at radius 3 is 2.35 bits per heavy atom. The second kappa shape index (κ2) is 3.77. The molecule has 17 heavy (non-hydrogen) atoms. The summed E-state index contributed by atoms with van der Waals surface area (Å²) < 4.78 is 5.81. The minimum atomic E-state index is 0.961. The lowest BCUT2D eigenvalue weighted by Crippen LogP contribution is -1.82. The van der Waals surface area contributed by atoms with Gasteiger partial charge >= 0.3 is 0 Å². The molecule has 0 unspecified atom stereocenters. The molecule has 1 heteroatoms. The van der Waals surface area contributed by atoms with Crippen LogP contribution in [-0.4, -0.2) is 0 Å². The normalized spacial score (nSPS) is 10.9. The van der Waals surface area contributed by atoms with Crippen molar-refractivity contribution < 1.29 is 4.42 Å². The smallest absolute Gasteiger partial charge is 0.134 e. The summed E-state index contributed by atoms with van der Waals surface area (Å²) in [5.41, 5.74) is 4.72. The third-order valence-electron chi connectivity index (χ3n) is 3.19. The fourth-order valence-electron chi connectivity index (χ4n) is 2.36. The topological polar surface area (TPSA) is 13.1 Å². The molecule has 0 radical (unpaired) electrons. The van der Waals surface area contributed by atoms with Crippen molar-refractivity contribution in [1.82, 2.24) is 0 Å². The van der Waals surface area contributed by atoms with E-state index >= 15 is 0 Å². The van der Waals surface area contributed by atoms with Crippen molar-refractivity contribution in [3.63, 3.8) is 0 Å². The highest BCUT2D eigenvalue weighted by Gasteiger charge is 2.13. The van der Waals surface area contributed by atoms with Crippen LogP contribution in [0.2, 0.25) is 0 Å². The van der Waals surface area contributed by atoms with E-state index in [1.165, 1.54) is 22.1 Å². The molecule has 3 aromatic rings. The maximum atomic E-state index is 5.81. The summed E-state index contributed by atoms with van der Waals surface area (Å²) >= 11 is 0. The number of rotatable bonds is 1. The number of hydrogen-bond donors (Lipinski definition) is 0. The van der Waals surface area contributed by atoms with Crippen LogP contribution in [0.1, 0.15) is 11.3 Å². The molecule has 0 saturated heterocycles. The fraction of sp³-hybridized carbons (Fsp3) is 0.125. The lowest BCUT2D eigenvalue weighted by Gasteiger charge is -2.04. The molecule has 0 aliphatic carbocycles. The van der Waals surface area contributed by atoms with Crippen molar-refractivity contribution in [3.05, 3.63) is 59.9 Å². The molecule has 0 fully saturated rings. The first kappa shape index (κ1) is 10.2. The van der Waals surface area contributed by atoms with Gasteiger partial charge in [-0.05, 0) is 31.0 Å². The Balaban J connectivity index is 2.38.